The number of benzene rings is 2. The topological polar surface area (TPSA) is 104 Å². The van der Waals surface area contributed by atoms with Gasteiger partial charge in [0, 0.05) is 56.3 Å². The zero-order valence-corrected chi connectivity index (χ0v) is 23.8. The van der Waals surface area contributed by atoms with Crippen molar-refractivity contribution in [2.45, 2.75) is 71.9 Å². The predicted molar refractivity (Wildman–Crippen MR) is 151 cm³/mol. The lowest BCUT2D eigenvalue weighted by molar-refractivity contribution is -0.0497. The lowest BCUT2D eigenvalue weighted by atomic mass is 10.0. The van der Waals surface area contributed by atoms with Crippen molar-refractivity contribution in [3.63, 3.8) is 0 Å². The number of rotatable bonds is 8. The molecule has 1 saturated heterocycles. The molecule has 0 aliphatic carbocycles. The maximum absolute atomic E-state index is 13.2. The number of carbonyl (C=O) groups is 1. The summed E-state index contributed by atoms with van der Waals surface area (Å²) >= 11 is 0. The number of phenols is 2. The van der Waals surface area contributed by atoms with E-state index in [2.05, 4.69) is 9.64 Å². The summed E-state index contributed by atoms with van der Waals surface area (Å²) in [5.41, 5.74) is 1.06. The third kappa shape index (κ3) is 7.66. The average molecular weight is 574 g/mol. The molecule has 0 unspecified atom stereocenters. The number of likely N-dealkylation sites (tertiary alicyclic amines) is 1. The molecule has 1 aliphatic rings. The fourth-order valence-electron chi connectivity index (χ4n) is 5.16. The number of hydrogen-bond acceptors (Lipinski definition) is 7. The number of alkyl halides is 2. The molecule has 1 aliphatic heterocycles. The van der Waals surface area contributed by atoms with Crippen LogP contribution in [0.1, 0.15) is 44.7 Å². The molecule has 3 aromatic rings. The van der Waals surface area contributed by atoms with Crippen molar-refractivity contribution in [1.29, 1.82) is 0 Å². The Balaban J connectivity index is 1.46. The highest BCUT2D eigenvalue weighted by Crippen LogP contribution is 2.28. The molecule has 0 saturated carbocycles. The number of phenolic OH excluding ortho intramolecular Hbond substituents is 2. The Hall–Kier alpha value is -3.86. The van der Waals surface area contributed by atoms with Crippen molar-refractivity contribution in [2.24, 2.45) is 0 Å². The van der Waals surface area contributed by atoms with Crippen molar-refractivity contribution in [3.8, 4) is 17.2 Å². The van der Waals surface area contributed by atoms with E-state index in [1.54, 1.807) is 48.4 Å². The molecular formula is C30H37F2N3O6. The fourth-order valence-corrected chi connectivity index (χ4v) is 5.16. The molecular weight excluding hydrogens is 536 g/mol. The number of amides is 1. The second kappa shape index (κ2) is 12.3. The van der Waals surface area contributed by atoms with Gasteiger partial charge in [-0.05, 0) is 75.9 Å². The molecule has 0 radical (unpaired) electrons. The molecule has 2 aromatic carbocycles. The molecule has 41 heavy (non-hydrogen) atoms. The van der Waals surface area contributed by atoms with Crippen LogP contribution in [0.25, 0.3) is 10.9 Å². The number of carbonyl (C=O) groups excluding carboxylic acids is 1. The number of aromatic nitrogens is 1. The van der Waals surface area contributed by atoms with Gasteiger partial charge in [0.15, 0.2) is 11.5 Å². The number of nitrogens with zero attached hydrogens (tertiary/aromatic N) is 3. The first kappa shape index (κ1) is 30.1. The second-order valence-electron chi connectivity index (χ2n) is 11.4. The second-order valence-corrected chi connectivity index (χ2v) is 11.4. The summed E-state index contributed by atoms with van der Waals surface area (Å²) in [5.74, 6) is -0.492. The summed E-state index contributed by atoms with van der Waals surface area (Å²) in [4.78, 5) is 29.9. The highest BCUT2D eigenvalue weighted by atomic mass is 19.3. The Morgan fingerprint density at radius 3 is 2.39 bits per heavy atom. The summed E-state index contributed by atoms with van der Waals surface area (Å²) in [6, 6.07) is 10.5. The lowest BCUT2D eigenvalue weighted by Crippen LogP contribution is -2.49. The number of ether oxygens (including phenoxy) is 2. The Kier molecular flexibility index (Phi) is 9.06. The summed E-state index contributed by atoms with van der Waals surface area (Å²) < 4.78 is 37.4. The van der Waals surface area contributed by atoms with E-state index in [0.29, 0.717) is 50.1 Å². The summed E-state index contributed by atoms with van der Waals surface area (Å²) in [7, 11) is 0. The molecule has 4 rings (SSSR count). The van der Waals surface area contributed by atoms with Gasteiger partial charge in [-0.15, -0.1) is 0 Å². The van der Waals surface area contributed by atoms with Crippen LogP contribution in [0.5, 0.6) is 17.2 Å². The molecule has 2 heterocycles. The first-order valence-electron chi connectivity index (χ1n) is 13.6. The summed E-state index contributed by atoms with van der Waals surface area (Å²) in [6.45, 7) is 6.73. The van der Waals surface area contributed by atoms with Crippen LogP contribution >= 0.6 is 0 Å². The van der Waals surface area contributed by atoms with Crippen molar-refractivity contribution in [2.75, 3.05) is 19.6 Å². The van der Waals surface area contributed by atoms with Crippen LogP contribution in [-0.4, -0.2) is 68.6 Å². The van der Waals surface area contributed by atoms with Crippen LogP contribution in [0, 0.1) is 6.92 Å². The first-order valence-corrected chi connectivity index (χ1v) is 13.6. The monoisotopic (exact) mass is 573 g/mol. The Morgan fingerprint density at radius 2 is 1.76 bits per heavy atom. The third-order valence-corrected chi connectivity index (χ3v) is 7.17. The summed E-state index contributed by atoms with van der Waals surface area (Å²) in [5, 5.41) is 20.4. The Bertz CT molecular complexity index is 1440. The van der Waals surface area contributed by atoms with E-state index >= 15 is 0 Å². The van der Waals surface area contributed by atoms with E-state index in [-0.39, 0.29) is 35.4 Å². The quantitative estimate of drug-likeness (QED) is 0.356. The van der Waals surface area contributed by atoms with Crippen LogP contribution in [0.4, 0.5) is 13.6 Å². The average Bonchev–Trinajstić information content (AvgIpc) is 2.88. The van der Waals surface area contributed by atoms with E-state index in [1.807, 2.05) is 6.92 Å². The zero-order valence-electron chi connectivity index (χ0n) is 23.8. The zero-order chi connectivity index (χ0) is 29.9. The third-order valence-electron chi connectivity index (χ3n) is 7.17. The minimum absolute atomic E-state index is 0.00348. The van der Waals surface area contributed by atoms with Crippen LogP contribution < -0.4 is 10.3 Å². The first-order chi connectivity index (χ1) is 19.3. The van der Waals surface area contributed by atoms with Crippen LogP contribution in [0.3, 0.4) is 0 Å². The van der Waals surface area contributed by atoms with Gasteiger partial charge in [-0.1, -0.05) is 6.07 Å². The smallest absolute Gasteiger partial charge is 0.410 e. The van der Waals surface area contributed by atoms with Gasteiger partial charge >= 0.3 is 12.7 Å². The van der Waals surface area contributed by atoms with Crippen LogP contribution in [0.15, 0.2) is 47.3 Å². The molecule has 1 fully saturated rings. The predicted octanol–water partition coefficient (Wildman–Crippen LogP) is 5.22. The fraction of sp³-hybridized carbons (Fsp3) is 0.467. The van der Waals surface area contributed by atoms with Gasteiger partial charge in [0.05, 0.1) is 5.52 Å². The number of aryl methyl sites for hydroxylation is 1. The van der Waals surface area contributed by atoms with Gasteiger partial charge in [0.25, 0.3) is 5.56 Å². The highest BCUT2D eigenvalue weighted by molar-refractivity contribution is 5.83. The van der Waals surface area contributed by atoms with Crippen molar-refractivity contribution >= 4 is 17.0 Å². The molecule has 0 spiro atoms. The van der Waals surface area contributed by atoms with Crippen molar-refractivity contribution in [3.05, 3.63) is 63.9 Å². The van der Waals surface area contributed by atoms with E-state index in [9.17, 15) is 28.6 Å². The van der Waals surface area contributed by atoms with Crippen LogP contribution in [-0.2, 0) is 17.8 Å². The number of halogens is 2. The number of fused-ring (bicyclic) bond motifs is 1. The molecule has 0 atom stereocenters. The van der Waals surface area contributed by atoms with E-state index in [4.69, 9.17) is 4.74 Å². The lowest BCUT2D eigenvalue weighted by Gasteiger charge is -2.39. The standard InChI is InChI=1S/C30H37F2N3O6/c1-19-15-27(38)34(24-17-22(40-28(31)32)6-7-23(19)24)14-13-33-11-9-21(10-12-33)35(29(39)41-30(2,3)4)18-20-5-8-25(36)26(37)16-20/h5-8,15-17,21,28,36-37H,9-14,18H2,1-4H3. The normalized spacial score (nSPS) is 14.9. The minimum atomic E-state index is -2.96. The van der Waals surface area contributed by atoms with E-state index < -0.39 is 18.3 Å². The van der Waals surface area contributed by atoms with Gasteiger partial charge in [-0.25, -0.2) is 4.79 Å². The van der Waals surface area contributed by atoms with E-state index in [0.717, 1.165) is 10.9 Å². The SMILES string of the molecule is Cc1cc(=O)n(CCN2CCC(N(Cc3ccc(O)c(O)c3)C(=O)OC(C)(C)C)CC2)c2cc(OC(F)F)ccc12. The molecule has 1 amide bonds. The summed E-state index contributed by atoms with van der Waals surface area (Å²) in [6.07, 6.45) is 0.876. The molecule has 1 aromatic heterocycles. The largest absolute Gasteiger partial charge is 0.504 e. The van der Waals surface area contributed by atoms with Crippen LogP contribution in [0.2, 0.25) is 0 Å². The minimum Gasteiger partial charge on any atom is -0.504 e. The van der Waals surface area contributed by atoms with Gasteiger partial charge in [0.2, 0.25) is 0 Å². The number of aromatic hydroxyl groups is 2. The Morgan fingerprint density at radius 1 is 1.05 bits per heavy atom. The Labute approximate surface area is 237 Å². The van der Waals surface area contributed by atoms with Gasteiger partial charge in [-0.3, -0.25) is 4.79 Å². The number of pyridine rings is 1. The maximum atomic E-state index is 13.2. The molecule has 222 valence electrons. The van der Waals surface area contributed by atoms with Gasteiger partial charge in [0.1, 0.15) is 11.4 Å². The molecule has 11 heteroatoms. The molecule has 0 bridgehead atoms. The van der Waals surface area contributed by atoms with E-state index in [1.165, 1.54) is 24.3 Å². The number of hydrogen-bond donors (Lipinski definition) is 2. The highest BCUT2D eigenvalue weighted by Gasteiger charge is 2.31. The van der Waals surface area contributed by atoms with Crippen molar-refractivity contribution < 1.29 is 33.3 Å². The van der Waals surface area contributed by atoms with Crippen molar-refractivity contribution in [1.82, 2.24) is 14.4 Å². The van der Waals surface area contributed by atoms with Gasteiger partial charge < -0.3 is 34.1 Å². The molecule has 2 N–H and O–H groups in total. The molecule has 9 nitrogen and oxygen atoms in total. The maximum Gasteiger partial charge on any atom is 0.410 e. The number of piperidine rings is 1. The van der Waals surface area contributed by atoms with Gasteiger partial charge in [-0.2, -0.15) is 8.78 Å².